The van der Waals surface area contributed by atoms with Crippen LogP contribution in [0, 0.1) is 13.8 Å². The quantitative estimate of drug-likeness (QED) is 0.349. The molecule has 7 nitrogen and oxygen atoms in total. The summed E-state index contributed by atoms with van der Waals surface area (Å²) in [5.41, 5.74) is 2.88. The maximum Gasteiger partial charge on any atom is 0.267 e. The Morgan fingerprint density at radius 1 is 0.886 bits per heavy atom. The fourth-order valence-electron chi connectivity index (χ4n) is 3.71. The molecule has 0 spiro atoms. The lowest BCUT2D eigenvalue weighted by molar-refractivity contribution is 0.103. The van der Waals surface area contributed by atoms with Crippen molar-refractivity contribution >= 4 is 48.7 Å². The number of hydrogen-bond acceptors (Lipinski definition) is 6. The third kappa shape index (κ3) is 4.82. The number of thiophene rings is 1. The molecule has 1 N–H and O–H groups in total. The molecule has 35 heavy (non-hydrogen) atoms. The van der Waals surface area contributed by atoms with Crippen LogP contribution in [0.15, 0.2) is 65.6 Å². The molecule has 1 heterocycles. The standard InChI is InChI=1S/C26H26N2O5S2/c1-16-6-9-21(32-4)20(12-16)27-26(29)24-15-18-14-19(8-11-23(18)34-24)28(3)35(30,31)25-13-17(2)7-10-22(25)33-5/h6-15H,1-5H3,(H,27,29). The fraction of sp³-hybridized carbons (Fsp3) is 0.192. The topological polar surface area (TPSA) is 84.9 Å². The molecule has 0 aliphatic carbocycles. The highest BCUT2D eigenvalue weighted by atomic mass is 32.2. The zero-order valence-corrected chi connectivity index (χ0v) is 21.7. The van der Waals surface area contributed by atoms with Crippen molar-refractivity contribution in [3.8, 4) is 11.5 Å². The van der Waals surface area contributed by atoms with Gasteiger partial charge in [0.15, 0.2) is 0 Å². The highest BCUT2D eigenvalue weighted by Gasteiger charge is 2.26. The normalized spacial score (nSPS) is 11.3. The lowest BCUT2D eigenvalue weighted by atomic mass is 10.2. The lowest BCUT2D eigenvalue weighted by Crippen LogP contribution is -2.27. The van der Waals surface area contributed by atoms with Crippen LogP contribution in [0.1, 0.15) is 20.8 Å². The van der Waals surface area contributed by atoms with E-state index in [1.165, 1.54) is 29.8 Å². The molecule has 1 aromatic heterocycles. The van der Waals surface area contributed by atoms with E-state index in [1.54, 1.807) is 43.5 Å². The van der Waals surface area contributed by atoms with E-state index in [2.05, 4.69) is 5.32 Å². The van der Waals surface area contributed by atoms with Gasteiger partial charge in [0, 0.05) is 11.7 Å². The number of methoxy groups -OCH3 is 2. The largest absolute Gasteiger partial charge is 0.495 e. The van der Waals surface area contributed by atoms with Crippen molar-refractivity contribution in [3.63, 3.8) is 0 Å². The molecule has 4 aromatic rings. The van der Waals surface area contributed by atoms with Gasteiger partial charge in [-0.15, -0.1) is 11.3 Å². The Balaban J connectivity index is 1.65. The van der Waals surface area contributed by atoms with Gasteiger partial charge in [-0.05, 0) is 78.9 Å². The van der Waals surface area contributed by atoms with Crippen LogP contribution < -0.4 is 19.1 Å². The Hall–Kier alpha value is -3.56. The number of nitrogens with one attached hydrogen (secondary N) is 1. The van der Waals surface area contributed by atoms with Gasteiger partial charge in [-0.2, -0.15) is 0 Å². The smallest absolute Gasteiger partial charge is 0.267 e. The van der Waals surface area contributed by atoms with E-state index in [0.29, 0.717) is 22.0 Å². The van der Waals surface area contributed by atoms with Crippen LogP contribution in [0.2, 0.25) is 0 Å². The van der Waals surface area contributed by atoms with Crippen molar-refractivity contribution in [2.24, 2.45) is 0 Å². The lowest BCUT2D eigenvalue weighted by Gasteiger charge is -2.21. The van der Waals surface area contributed by atoms with Crippen LogP contribution in [0.5, 0.6) is 11.5 Å². The van der Waals surface area contributed by atoms with Crippen LogP contribution in [-0.2, 0) is 10.0 Å². The van der Waals surface area contributed by atoms with Crippen LogP contribution in [0.3, 0.4) is 0 Å². The summed E-state index contributed by atoms with van der Waals surface area (Å²) >= 11 is 1.33. The predicted molar refractivity (Wildman–Crippen MR) is 141 cm³/mol. The van der Waals surface area contributed by atoms with Crippen molar-refractivity contribution < 1.29 is 22.7 Å². The van der Waals surface area contributed by atoms with Gasteiger partial charge in [-0.3, -0.25) is 9.10 Å². The number of aryl methyl sites for hydroxylation is 2. The zero-order chi connectivity index (χ0) is 25.3. The molecule has 0 unspecified atom stereocenters. The monoisotopic (exact) mass is 510 g/mol. The summed E-state index contributed by atoms with van der Waals surface area (Å²) in [4.78, 5) is 13.6. The molecular weight excluding hydrogens is 484 g/mol. The Labute approximate surface area is 209 Å². The number of carbonyl (C=O) groups is 1. The summed E-state index contributed by atoms with van der Waals surface area (Å²) in [5.74, 6) is 0.595. The first-order chi connectivity index (χ1) is 16.6. The summed E-state index contributed by atoms with van der Waals surface area (Å²) < 4.78 is 39.5. The molecule has 0 saturated carbocycles. The zero-order valence-electron chi connectivity index (χ0n) is 20.1. The Morgan fingerprint density at radius 2 is 1.54 bits per heavy atom. The number of rotatable bonds is 7. The second-order valence-corrected chi connectivity index (χ2v) is 11.1. The highest BCUT2D eigenvalue weighted by molar-refractivity contribution is 7.93. The molecule has 0 radical (unpaired) electrons. The minimum absolute atomic E-state index is 0.0973. The maximum atomic E-state index is 13.4. The molecule has 9 heteroatoms. The fourth-order valence-corrected chi connectivity index (χ4v) is 6.08. The van der Waals surface area contributed by atoms with Crippen molar-refractivity contribution in [2.45, 2.75) is 18.7 Å². The average Bonchev–Trinajstić information content (AvgIpc) is 3.27. The Kier molecular flexibility index (Phi) is 6.73. The van der Waals surface area contributed by atoms with Gasteiger partial charge in [-0.25, -0.2) is 8.42 Å². The molecule has 4 rings (SSSR count). The van der Waals surface area contributed by atoms with Crippen molar-refractivity contribution in [2.75, 3.05) is 30.9 Å². The first-order valence-electron chi connectivity index (χ1n) is 10.8. The number of sulfonamides is 1. The Bertz CT molecular complexity index is 1530. The summed E-state index contributed by atoms with van der Waals surface area (Å²) in [6.07, 6.45) is 0. The number of nitrogens with zero attached hydrogens (tertiary/aromatic N) is 1. The molecule has 0 bridgehead atoms. The van der Waals surface area contributed by atoms with Gasteiger partial charge in [0.25, 0.3) is 15.9 Å². The maximum absolute atomic E-state index is 13.4. The van der Waals surface area contributed by atoms with E-state index in [0.717, 1.165) is 21.2 Å². The van der Waals surface area contributed by atoms with E-state index in [1.807, 2.05) is 38.1 Å². The van der Waals surface area contributed by atoms with Gasteiger partial charge in [0.05, 0.1) is 30.5 Å². The van der Waals surface area contributed by atoms with E-state index in [-0.39, 0.29) is 16.6 Å². The van der Waals surface area contributed by atoms with Gasteiger partial charge >= 0.3 is 0 Å². The van der Waals surface area contributed by atoms with Crippen molar-refractivity contribution in [3.05, 3.63) is 76.7 Å². The van der Waals surface area contributed by atoms with Crippen LogP contribution >= 0.6 is 11.3 Å². The molecule has 0 atom stereocenters. The van der Waals surface area contributed by atoms with Crippen LogP contribution in [0.25, 0.3) is 10.1 Å². The van der Waals surface area contributed by atoms with Crippen LogP contribution in [-0.4, -0.2) is 35.6 Å². The molecule has 1 amide bonds. The third-order valence-corrected chi connectivity index (χ3v) is 8.57. The molecule has 0 aliphatic rings. The molecule has 0 fully saturated rings. The minimum atomic E-state index is -3.87. The summed E-state index contributed by atoms with van der Waals surface area (Å²) in [7, 11) is 0.631. The molecular formula is C26H26N2O5S2. The SMILES string of the molecule is COc1ccc(C)cc1NC(=O)c1cc2cc(N(C)S(=O)(=O)c3cc(C)ccc3OC)ccc2s1. The molecule has 0 aliphatic heterocycles. The number of carbonyl (C=O) groups excluding carboxylic acids is 1. The molecule has 3 aromatic carbocycles. The second-order valence-electron chi connectivity index (χ2n) is 8.12. The van der Waals surface area contributed by atoms with Crippen molar-refractivity contribution in [1.82, 2.24) is 0 Å². The van der Waals surface area contributed by atoms with Gasteiger partial charge in [0.2, 0.25) is 0 Å². The first kappa shape index (κ1) is 24.6. The van der Waals surface area contributed by atoms with E-state index in [4.69, 9.17) is 9.47 Å². The number of anilines is 2. The number of fused-ring (bicyclic) bond motifs is 1. The van der Waals surface area contributed by atoms with E-state index < -0.39 is 10.0 Å². The number of amides is 1. The average molecular weight is 511 g/mol. The van der Waals surface area contributed by atoms with Gasteiger partial charge < -0.3 is 14.8 Å². The van der Waals surface area contributed by atoms with Gasteiger partial charge in [-0.1, -0.05) is 12.1 Å². The van der Waals surface area contributed by atoms with Crippen molar-refractivity contribution in [1.29, 1.82) is 0 Å². The van der Waals surface area contributed by atoms with Gasteiger partial charge in [0.1, 0.15) is 16.4 Å². The summed E-state index contributed by atoms with van der Waals surface area (Å²) in [6.45, 7) is 3.77. The Morgan fingerprint density at radius 3 is 2.23 bits per heavy atom. The van der Waals surface area contributed by atoms with E-state index in [9.17, 15) is 13.2 Å². The van der Waals surface area contributed by atoms with Crippen LogP contribution in [0.4, 0.5) is 11.4 Å². The summed E-state index contributed by atoms with van der Waals surface area (Å²) in [5, 5.41) is 3.68. The second kappa shape index (κ2) is 9.59. The van der Waals surface area contributed by atoms with E-state index >= 15 is 0 Å². The molecule has 182 valence electrons. The minimum Gasteiger partial charge on any atom is -0.495 e. The summed E-state index contributed by atoms with van der Waals surface area (Å²) in [6, 6.07) is 17.7. The molecule has 0 saturated heterocycles. The number of ether oxygens (including phenoxy) is 2. The first-order valence-corrected chi connectivity index (χ1v) is 13.0. The highest BCUT2D eigenvalue weighted by Crippen LogP contribution is 2.34. The predicted octanol–water partition coefficient (Wildman–Crippen LogP) is 5.61. The number of benzene rings is 3. The number of hydrogen-bond donors (Lipinski definition) is 1. The third-order valence-electron chi connectivity index (χ3n) is 5.65.